The number of rotatable bonds is 4. The largest absolute Gasteiger partial charge is 0.293 e. The van der Waals surface area contributed by atoms with Gasteiger partial charge in [0.25, 0.3) is 0 Å². The van der Waals surface area contributed by atoms with Crippen LogP contribution in [0.2, 0.25) is 5.02 Å². The number of nitrogens with one attached hydrogen (secondary N) is 1. The highest BCUT2D eigenvalue weighted by atomic mass is 35.5. The van der Waals surface area contributed by atoms with Gasteiger partial charge in [0.1, 0.15) is 10.7 Å². The lowest BCUT2D eigenvalue weighted by Crippen LogP contribution is -2.27. The van der Waals surface area contributed by atoms with Gasteiger partial charge in [0.2, 0.25) is 10.0 Å². The molecule has 21 heavy (non-hydrogen) atoms. The van der Waals surface area contributed by atoms with Crippen LogP contribution in [0.15, 0.2) is 17.0 Å². The molecule has 1 aliphatic carbocycles. The van der Waals surface area contributed by atoms with Gasteiger partial charge < -0.3 is 0 Å². The van der Waals surface area contributed by atoms with E-state index in [1.165, 1.54) is 0 Å². The fourth-order valence-electron chi connectivity index (χ4n) is 1.80. The van der Waals surface area contributed by atoms with Gasteiger partial charge in [-0.15, -0.1) is 0 Å². The Morgan fingerprint density at radius 1 is 1.33 bits per heavy atom. The van der Waals surface area contributed by atoms with Crippen molar-refractivity contribution in [3.63, 3.8) is 0 Å². The molecule has 0 heterocycles. The standard InChI is InChI=1S/C14H17ClFNO3S/c1-14(2,3)13(18)9-6-12(10(15)7-11(9)16)21(19,20)17-8-4-5-8/h6-8,17H,4-5H2,1-3H3. The first-order chi connectivity index (χ1) is 9.52. The summed E-state index contributed by atoms with van der Waals surface area (Å²) in [5, 5.41) is -0.230. The molecule has 1 N–H and O–H groups in total. The number of halogens is 2. The third-order valence-electron chi connectivity index (χ3n) is 3.14. The number of hydrogen-bond acceptors (Lipinski definition) is 3. The van der Waals surface area contributed by atoms with Gasteiger partial charge >= 0.3 is 0 Å². The zero-order valence-electron chi connectivity index (χ0n) is 12.0. The van der Waals surface area contributed by atoms with Gasteiger partial charge in [-0.25, -0.2) is 17.5 Å². The maximum Gasteiger partial charge on any atom is 0.242 e. The minimum absolute atomic E-state index is 0.0992. The second-order valence-corrected chi connectivity index (χ2v) is 8.33. The SMILES string of the molecule is CC(C)(C)C(=O)c1cc(S(=O)(=O)NC2CC2)c(Cl)cc1F. The van der Waals surface area contributed by atoms with E-state index in [4.69, 9.17) is 11.6 Å². The number of Topliss-reactive ketones (excluding diaryl/α,β-unsaturated/α-hetero) is 1. The first-order valence-electron chi connectivity index (χ1n) is 6.58. The van der Waals surface area contributed by atoms with Crippen LogP contribution in [0, 0.1) is 11.2 Å². The molecule has 0 unspecified atom stereocenters. The van der Waals surface area contributed by atoms with E-state index in [9.17, 15) is 17.6 Å². The molecule has 2 rings (SSSR count). The third kappa shape index (κ3) is 3.62. The van der Waals surface area contributed by atoms with E-state index in [0.717, 1.165) is 25.0 Å². The molecule has 0 spiro atoms. The minimum atomic E-state index is -3.85. The zero-order chi connectivity index (χ0) is 16.0. The molecule has 1 fully saturated rings. The number of sulfonamides is 1. The quantitative estimate of drug-likeness (QED) is 0.861. The van der Waals surface area contributed by atoms with Crippen molar-refractivity contribution in [1.82, 2.24) is 4.72 Å². The second-order valence-electron chi connectivity index (χ2n) is 6.24. The molecule has 1 aromatic rings. The molecule has 0 radical (unpaired) electrons. The summed E-state index contributed by atoms with van der Waals surface area (Å²) in [5.74, 6) is -1.29. The van der Waals surface area contributed by atoms with Crippen molar-refractivity contribution in [2.75, 3.05) is 0 Å². The molecule has 1 saturated carbocycles. The predicted octanol–water partition coefficient (Wildman–Crippen LogP) is 3.15. The smallest absolute Gasteiger partial charge is 0.242 e. The molecule has 0 saturated heterocycles. The van der Waals surface area contributed by atoms with Gasteiger partial charge in [-0.2, -0.15) is 0 Å². The van der Waals surface area contributed by atoms with E-state index in [1.54, 1.807) is 20.8 Å². The number of carbonyl (C=O) groups is 1. The molecule has 7 heteroatoms. The Kier molecular flexibility index (Phi) is 4.17. The van der Waals surface area contributed by atoms with E-state index >= 15 is 0 Å². The molecule has 116 valence electrons. The Hall–Kier alpha value is -0.980. The molecule has 4 nitrogen and oxygen atoms in total. The maximum absolute atomic E-state index is 14.0. The highest BCUT2D eigenvalue weighted by molar-refractivity contribution is 7.89. The van der Waals surface area contributed by atoms with Crippen LogP contribution in [-0.4, -0.2) is 20.2 Å². The summed E-state index contributed by atoms with van der Waals surface area (Å²) in [4.78, 5) is 12.0. The lowest BCUT2D eigenvalue weighted by molar-refractivity contribution is 0.0853. The molecular weight excluding hydrogens is 317 g/mol. The predicted molar refractivity (Wildman–Crippen MR) is 78.5 cm³/mol. The monoisotopic (exact) mass is 333 g/mol. The molecule has 0 bridgehead atoms. The summed E-state index contributed by atoms with van der Waals surface area (Å²) in [5.41, 5.74) is -1.08. The van der Waals surface area contributed by atoms with Crippen molar-refractivity contribution < 1.29 is 17.6 Å². The summed E-state index contributed by atoms with van der Waals surface area (Å²) < 4.78 is 40.8. The van der Waals surface area contributed by atoms with E-state index in [-0.39, 0.29) is 21.5 Å². The van der Waals surface area contributed by atoms with E-state index < -0.39 is 27.0 Å². The van der Waals surface area contributed by atoms with Crippen molar-refractivity contribution >= 4 is 27.4 Å². The van der Waals surface area contributed by atoms with Crippen LogP contribution in [0.4, 0.5) is 4.39 Å². The van der Waals surface area contributed by atoms with Crippen molar-refractivity contribution in [3.05, 3.63) is 28.5 Å². The van der Waals surface area contributed by atoms with Crippen molar-refractivity contribution in [2.24, 2.45) is 5.41 Å². The lowest BCUT2D eigenvalue weighted by atomic mass is 9.86. The Morgan fingerprint density at radius 2 is 1.90 bits per heavy atom. The van der Waals surface area contributed by atoms with Crippen molar-refractivity contribution in [1.29, 1.82) is 0 Å². The fraction of sp³-hybridized carbons (Fsp3) is 0.500. The summed E-state index contributed by atoms with van der Waals surface area (Å²) in [7, 11) is -3.85. The van der Waals surface area contributed by atoms with Gasteiger partial charge in [0, 0.05) is 11.5 Å². The molecule has 0 aromatic heterocycles. The van der Waals surface area contributed by atoms with Crippen LogP contribution >= 0.6 is 11.6 Å². The van der Waals surface area contributed by atoms with Crippen molar-refractivity contribution in [2.45, 2.75) is 44.6 Å². The van der Waals surface area contributed by atoms with Gasteiger partial charge in [0.15, 0.2) is 5.78 Å². The number of carbonyl (C=O) groups excluding carboxylic acids is 1. The van der Waals surface area contributed by atoms with Gasteiger partial charge in [-0.3, -0.25) is 4.79 Å². The van der Waals surface area contributed by atoms with Gasteiger partial charge in [-0.05, 0) is 25.0 Å². The summed E-state index contributed by atoms with van der Waals surface area (Å²) in [6, 6.07) is 1.80. The van der Waals surface area contributed by atoms with Crippen LogP contribution in [0.25, 0.3) is 0 Å². The van der Waals surface area contributed by atoms with E-state index in [0.29, 0.717) is 0 Å². The van der Waals surface area contributed by atoms with E-state index in [2.05, 4.69) is 4.72 Å². The minimum Gasteiger partial charge on any atom is -0.293 e. The average Bonchev–Trinajstić information content (AvgIpc) is 3.09. The fourth-order valence-corrected chi connectivity index (χ4v) is 3.64. The van der Waals surface area contributed by atoms with Crippen LogP contribution in [0.5, 0.6) is 0 Å². The zero-order valence-corrected chi connectivity index (χ0v) is 13.6. The Morgan fingerprint density at radius 3 is 2.38 bits per heavy atom. The molecule has 0 amide bonds. The van der Waals surface area contributed by atoms with E-state index in [1.807, 2.05) is 0 Å². The normalized spacial score (nSPS) is 16.0. The number of benzene rings is 1. The summed E-state index contributed by atoms with van der Waals surface area (Å²) in [6.07, 6.45) is 1.54. The average molecular weight is 334 g/mol. The maximum atomic E-state index is 14.0. The van der Waals surface area contributed by atoms with Gasteiger partial charge in [-0.1, -0.05) is 32.4 Å². The molecular formula is C14H17ClFNO3S. The first-order valence-corrected chi connectivity index (χ1v) is 8.44. The Bertz CT molecular complexity index is 691. The van der Waals surface area contributed by atoms with Crippen LogP contribution in [0.3, 0.4) is 0 Å². The third-order valence-corrected chi connectivity index (χ3v) is 5.12. The number of hydrogen-bond donors (Lipinski definition) is 1. The van der Waals surface area contributed by atoms with Gasteiger partial charge in [0.05, 0.1) is 10.6 Å². The first kappa shape index (κ1) is 16.4. The lowest BCUT2D eigenvalue weighted by Gasteiger charge is -2.18. The summed E-state index contributed by atoms with van der Waals surface area (Å²) >= 11 is 5.84. The van der Waals surface area contributed by atoms with Crippen LogP contribution in [0.1, 0.15) is 44.0 Å². The molecule has 0 atom stereocenters. The molecule has 0 aliphatic heterocycles. The Balaban J connectivity index is 2.50. The Labute approximate surface area is 128 Å². The summed E-state index contributed by atoms with van der Waals surface area (Å²) in [6.45, 7) is 4.92. The van der Waals surface area contributed by atoms with Crippen LogP contribution in [-0.2, 0) is 10.0 Å². The second kappa shape index (κ2) is 5.34. The molecule has 1 aliphatic rings. The number of ketones is 1. The topological polar surface area (TPSA) is 63.2 Å². The highest BCUT2D eigenvalue weighted by Crippen LogP contribution is 2.31. The highest BCUT2D eigenvalue weighted by Gasteiger charge is 2.32. The van der Waals surface area contributed by atoms with Crippen LogP contribution < -0.4 is 4.72 Å². The van der Waals surface area contributed by atoms with Crippen molar-refractivity contribution in [3.8, 4) is 0 Å². The molecule has 1 aromatic carbocycles.